The van der Waals surface area contributed by atoms with Crippen molar-refractivity contribution < 1.29 is 23.9 Å². The molecule has 0 aromatic heterocycles. The molecular weight excluding hydrogens is 422 g/mol. The van der Waals surface area contributed by atoms with E-state index in [1.165, 1.54) is 14.2 Å². The molecule has 1 heterocycles. The second-order valence-electron chi connectivity index (χ2n) is 7.65. The molecule has 174 valence electrons. The van der Waals surface area contributed by atoms with Crippen LogP contribution in [0, 0.1) is 0 Å². The van der Waals surface area contributed by atoms with Crippen molar-refractivity contribution in [3.63, 3.8) is 0 Å². The number of esters is 1. The SMILES string of the molecule is CCCCN1C(=O)N[C@@H](c2ccc(C(=O)OC)cc2)C(C(=O)Nc2ccccc2OC)=C1C. The second-order valence-corrected chi connectivity index (χ2v) is 7.65. The summed E-state index contributed by atoms with van der Waals surface area (Å²) in [7, 11) is 2.85. The van der Waals surface area contributed by atoms with E-state index in [1.54, 1.807) is 54.3 Å². The molecule has 0 radical (unpaired) electrons. The summed E-state index contributed by atoms with van der Waals surface area (Å²) in [6, 6.07) is 12.8. The van der Waals surface area contributed by atoms with Gasteiger partial charge in [0.1, 0.15) is 5.75 Å². The van der Waals surface area contributed by atoms with E-state index in [9.17, 15) is 14.4 Å². The maximum Gasteiger partial charge on any atom is 0.337 e. The smallest absolute Gasteiger partial charge is 0.337 e. The van der Waals surface area contributed by atoms with E-state index in [2.05, 4.69) is 10.6 Å². The molecule has 2 aromatic rings. The van der Waals surface area contributed by atoms with Gasteiger partial charge in [0.25, 0.3) is 5.91 Å². The minimum atomic E-state index is -0.684. The topological polar surface area (TPSA) is 97.0 Å². The van der Waals surface area contributed by atoms with Crippen LogP contribution in [0.4, 0.5) is 10.5 Å². The number of nitrogens with one attached hydrogen (secondary N) is 2. The van der Waals surface area contributed by atoms with Gasteiger partial charge in [0.2, 0.25) is 0 Å². The Labute approximate surface area is 193 Å². The highest BCUT2D eigenvalue weighted by molar-refractivity contribution is 6.07. The molecule has 8 nitrogen and oxygen atoms in total. The number of methoxy groups -OCH3 is 2. The van der Waals surface area contributed by atoms with Gasteiger partial charge in [0, 0.05) is 12.2 Å². The van der Waals surface area contributed by atoms with E-state index in [-0.39, 0.29) is 11.9 Å². The zero-order valence-corrected chi connectivity index (χ0v) is 19.3. The highest BCUT2D eigenvalue weighted by atomic mass is 16.5. The number of hydrogen-bond donors (Lipinski definition) is 2. The Morgan fingerprint density at radius 1 is 1.09 bits per heavy atom. The molecule has 0 saturated carbocycles. The Morgan fingerprint density at radius 2 is 1.79 bits per heavy atom. The van der Waals surface area contributed by atoms with Crippen LogP contribution in [0.25, 0.3) is 0 Å². The number of rotatable bonds is 8. The first-order valence-corrected chi connectivity index (χ1v) is 10.8. The highest BCUT2D eigenvalue weighted by Gasteiger charge is 2.35. The highest BCUT2D eigenvalue weighted by Crippen LogP contribution is 2.33. The fraction of sp³-hybridized carbons (Fsp3) is 0.320. The van der Waals surface area contributed by atoms with Crippen molar-refractivity contribution in [1.29, 1.82) is 0 Å². The van der Waals surface area contributed by atoms with Crippen molar-refractivity contribution in [3.8, 4) is 5.75 Å². The third kappa shape index (κ3) is 5.16. The van der Waals surface area contributed by atoms with Gasteiger partial charge >= 0.3 is 12.0 Å². The zero-order chi connectivity index (χ0) is 24.0. The molecule has 0 unspecified atom stereocenters. The van der Waals surface area contributed by atoms with Crippen LogP contribution in [0.3, 0.4) is 0 Å². The van der Waals surface area contributed by atoms with Crippen molar-refractivity contribution >= 4 is 23.6 Å². The van der Waals surface area contributed by atoms with Crippen LogP contribution in [0.5, 0.6) is 5.75 Å². The van der Waals surface area contributed by atoms with Gasteiger partial charge in [-0.2, -0.15) is 0 Å². The summed E-state index contributed by atoms with van der Waals surface area (Å²) >= 11 is 0. The van der Waals surface area contributed by atoms with Crippen molar-refractivity contribution in [2.75, 3.05) is 26.1 Å². The lowest BCUT2D eigenvalue weighted by atomic mass is 9.93. The molecule has 2 aromatic carbocycles. The van der Waals surface area contributed by atoms with Crippen molar-refractivity contribution in [3.05, 3.63) is 70.9 Å². The molecule has 1 atom stereocenters. The van der Waals surface area contributed by atoms with Crippen molar-refractivity contribution in [1.82, 2.24) is 10.2 Å². The monoisotopic (exact) mass is 451 g/mol. The number of hydrogen-bond acceptors (Lipinski definition) is 5. The fourth-order valence-electron chi connectivity index (χ4n) is 3.78. The molecule has 8 heteroatoms. The van der Waals surface area contributed by atoms with Gasteiger partial charge < -0.3 is 20.1 Å². The summed E-state index contributed by atoms with van der Waals surface area (Å²) in [6.45, 7) is 4.33. The average molecular weight is 452 g/mol. The van der Waals surface area contributed by atoms with Gasteiger partial charge in [-0.25, -0.2) is 9.59 Å². The van der Waals surface area contributed by atoms with E-state index >= 15 is 0 Å². The lowest BCUT2D eigenvalue weighted by Gasteiger charge is -2.36. The molecule has 0 spiro atoms. The van der Waals surface area contributed by atoms with Crippen LogP contribution >= 0.6 is 0 Å². The first-order valence-electron chi connectivity index (χ1n) is 10.8. The number of ether oxygens (including phenoxy) is 2. The standard InChI is InChI=1S/C25H29N3O5/c1-5-6-15-28-16(2)21(23(29)26-19-9-7-8-10-20(19)32-3)22(27-25(28)31)17-11-13-18(14-12-17)24(30)33-4/h7-14,22H,5-6,15H2,1-4H3,(H,26,29)(H,27,31)/t22-/m0/s1. The average Bonchev–Trinajstić information content (AvgIpc) is 2.83. The summed E-state index contributed by atoms with van der Waals surface area (Å²) in [5, 5.41) is 5.87. The summed E-state index contributed by atoms with van der Waals surface area (Å²) in [5.41, 5.74) is 2.59. The van der Waals surface area contributed by atoms with Gasteiger partial charge in [-0.1, -0.05) is 37.6 Å². The summed E-state index contributed by atoms with van der Waals surface area (Å²) in [6.07, 6.45) is 1.73. The molecule has 2 N–H and O–H groups in total. The quantitative estimate of drug-likeness (QED) is 0.585. The van der Waals surface area contributed by atoms with Gasteiger partial charge in [-0.3, -0.25) is 9.69 Å². The minimum absolute atomic E-state index is 0.267. The molecule has 33 heavy (non-hydrogen) atoms. The van der Waals surface area contributed by atoms with Gasteiger partial charge in [0.15, 0.2) is 0 Å². The van der Waals surface area contributed by atoms with Crippen LogP contribution in [0.2, 0.25) is 0 Å². The van der Waals surface area contributed by atoms with E-state index in [0.717, 1.165) is 12.8 Å². The molecule has 3 amide bonds. The Hall–Kier alpha value is -3.81. The number of para-hydroxylation sites is 2. The largest absolute Gasteiger partial charge is 0.495 e. The molecule has 0 aliphatic carbocycles. The number of carbonyl (C=O) groups is 3. The predicted molar refractivity (Wildman–Crippen MR) is 125 cm³/mol. The number of anilines is 1. The second kappa shape index (κ2) is 10.7. The minimum Gasteiger partial charge on any atom is -0.495 e. The van der Waals surface area contributed by atoms with Crippen LogP contribution in [-0.2, 0) is 9.53 Å². The molecule has 0 saturated heterocycles. The number of unbranched alkanes of at least 4 members (excludes halogenated alkanes) is 1. The third-order valence-corrected chi connectivity index (χ3v) is 5.60. The molecule has 0 bridgehead atoms. The van der Waals surface area contributed by atoms with E-state index in [4.69, 9.17) is 9.47 Å². The Balaban J connectivity index is 2.01. The first-order chi connectivity index (χ1) is 15.9. The summed E-state index contributed by atoms with van der Waals surface area (Å²) in [4.78, 5) is 39.8. The molecular formula is C25H29N3O5. The number of carbonyl (C=O) groups excluding carboxylic acids is 3. The first kappa shape index (κ1) is 23.8. The van der Waals surface area contributed by atoms with Crippen LogP contribution < -0.4 is 15.4 Å². The normalized spacial score (nSPS) is 15.7. The van der Waals surface area contributed by atoms with Crippen molar-refractivity contribution in [2.24, 2.45) is 0 Å². The number of benzene rings is 2. The van der Waals surface area contributed by atoms with Crippen molar-refractivity contribution in [2.45, 2.75) is 32.7 Å². The van der Waals surface area contributed by atoms with Gasteiger partial charge in [0.05, 0.1) is 37.1 Å². The van der Waals surface area contributed by atoms with E-state index in [0.29, 0.717) is 40.4 Å². The molecule has 0 fully saturated rings. The Kier molecular flexibility index (Phi) is 7.71. The van der Waals surface area contributed by atoms with Gasteiger partial charge in [-0.15, -0.1) is 0 Å². The molecule has 3 rings (SSSR count). The predicted octanol–water partition coefficient (Wildman–Crippen LogP) is 4.26. The maximum absolute atomic E-state index is 13.5. The fourth-order valence-corrected chi connectivity index (χ4v) is 3.78. The van der Waals surface area contributed by atoms with Crippen LogP contribution in [-0.4, -0.2) is 43.6 Å². The Bertz CT molecular complexity index is 1060. The summed E-state index contributed by atoms with van der Waals surface area (Å²) in [5.74, 6) is -0.271. The third-order valence-electron chi connectivity index (χ3n) is 5.60. The number of allylic oxidation sites excluding steroid dienone is 1. The Morgan fingerprint density at radius 3 is 2.42 bits per heavy atom. The number of urea groups is 1. The number of amides is 3. The lowest BCUT2D eigenvalue weighted by Crippen LogP contribution is -2.48. The molecule has 1 aliphatic rings. The molecule has 1 aliphatic heterocycles. The van der Waals surface area contributed by atoms with E-state index < -0.39 is 12.0 Å². The van der Waals surface area contributed by atoms with E-state index in [1.807, 2.05) is 13.0 Å². The van der Waals surface area contributed by atoms with Gasteiger partial charge in [-0.05, 0) is 43.2 Å². The van der Waals surface area contributed by atoms with Crippen LogP contribution in [0.15, 0.2) is 59.8 Å². The lowest BCUT2D eigenvalue weighted by molar-refractivity contribution is -0.113. The summed E-state index contributed by atoms with van der Waals surface area (Å²) < 4.78 is 10.1. The maximum atomic E-state index is 13.5. The number of nitrogens with zero attached hydrogens (tertiary/aromatic N) is 1. The zero-order valence-electron chi connectivity index (χ0n) is 19.3. The van der Waals surface area contributed by atoms with Crippen LogP contribution in [0.1, 0.15) is 48.7 Å².